The van der Waals surface area contributed by atoms with Crippen molar-refractivity contribution in [3.63, 3.8) is 0 Å². The van der Waals surface area contributed by atoms with Crippen LogP contribution in [-0.2, 0) is 6.54 Å². The molecule has 1 aromatic carbocycles. The summed E-state index contributed by atoms with van der Waals surface area (Å²) in [4.78, 5) is 18.9. The standard InChI is InChI=1S/C18H26N4O3/c23-10-9-22-13-20-16-11-14(4-5-17(16)22)18(25)19-6-8-21-7-2-1-3-15(21)12-24/h4-5,11,13,15,23-24H,1-3,6-10,12H2,(H,19,25)/t15-/m0/s1. The Hall–Kier alpha value is -1.96. The van der Waals surface area contributed by atoms with Gasteiger partial charge in [0.05, 0.1) is 30.6 Å². The summed E-state index contributed by atoms with van der Waals surface area (Å²) < 4.78 is 1.86. The highest BCUT2D eigenvalue weighted by Gasteiger charge is 2.21. The van der Waals surface area contributed by atoms with E-state index in [-0.39, 0.29) is 25.2 Å². The molecule has 3 rings (SSSR count). The van der Waals surface area contributed by atoms with Gasteiger partial charge in [-0.25, -0.2) is 4.98 Å². The van der Waals surface area contributed by atoms with Crippen molar-refractivity contribution in [1.29, 1.82) is 0 Å². The number of hydrogen-bond donors (Lipinski definition) is 3. The summed E-state index contributed by atoms with van der Waals surface area (Å²) in [6.45, 7) is 3.02. The summed E-state index contributed by atoms with van der Waals surface area (Å²) in [5.41, 5.74) is 2.24. The second kappa shape index (κ2) is 8.42. The largest absolute Gasteiger partial charge is 0.395 e. The van der Waals surface area contributed by atoms with Crippen LogP contribution in [0.3, 0.4) is 0 Å². The van der Waals surface area contributed by atoms with E-state index in [0.717, 1.165) is 43.4 Å². The van der Waals surface area contributed by atoms with Crippen molar-refractivity contribution in [2.24, 2.45) is 0 Å². The van der Waals surface area contributed by atoms with Crippen LogP contribution >= 0.6 is 0 Å². The van der Waals surface area contributed by atoms with E-state index in [1.807, 2.05) is 10.6 Å². The number of benzene rings is 1. The zero-order chi connectivity index (χ0) is 17.6. The first kappa shape index (κ1) is 17.8. The van der Waals surface area contributed by atoms with Crippen LogP contribution in [0.25, 0.3) is 11.0 Å². The summed E-state index contributed by atoms with van der Waals surface area (Å²) in [5.74, 6) is -0.115. The van der Waals surface area contributed by atoms with Crippen molar-refractivity contribution in [2.45, 2.75) is 31.8 Å². The molecule has 7 heteroatoms. The van der Waals surface area contributed by atoms with Gasteiger partial charge in [-0.05, 0) is 37.6 Å². The molecule has 7 nitrogen and oxygen atoms in total. The maximum Gasteiger partial charge on any atom is 0.251 e. The minimum absolute atomic E-state index is 0.0546. The smallest absolute Gasteiger partial charge is 0.251 e. The molecule has 0 aliphatic carbocycles. The topological polar surface area (TPSA) is 90.6 Å². The van der Waals surface area contributed by atoms with Gasteiger partial charge in [0.1, 0.15) is 0 Å². The third-order valence-electron chi connectivity index (χ3n) is 4.87. The highest BCUT2D eigenvalue weighted by Crippen LogP contribution is 2.16. The van der Waals surface area contributed by atoms with Gasteiger partial charge >= 0.3 is 0 Å². The van der Waals surface area contributed by atoms with E-state index in [1.165, 1.54) is 0 Å². The maximum atomic E-state index is 12.4. The lowest BCUT2D eigenvalue weighted by molar-refractivity contribution is 0.0849. The second-order valence-corrected chi connectivity index (χ2v) is 6.49. The SMILES string of the molecule is O=C(NCCN1CCCC[C@H]1CO)c1ccc2c(c1)ncn2CCO. The third kappa shape index (κ3) is 4.18. The highest BCUT2D eigenvalue weighted by molar-refractivity contribution is 5.97. The first-order chi connectivity index (χ1) is 12.2. The van der Waals surface area contributed by atoms with Crippen LogP contribution < -0.4 is 5.32 Å². The van der Waals surface area contributed by atoms with Crippen molar-refractivity contribution >= 4 is 16.9 Å². The Bertz CT molecular complexity index is 715. The minimum Gasteiger partial charge on any atom is -0.395 e. The summed E-state index contributed by atoms with van der Waals surface area (Å²) in [6.07, 6.45) is 5.01. The number of piperidine rings is 1. The van der Waals surface area contributed by atoms with Crippen LogP contribution in [0.5, 0.6) is 0 Å². The van der Waals surface area contributed by atoms with Gasteiger partial charge in [0.25, 0.3) is 5.91 Å². The zero-order valence-electron chi connectivity index (χ0n) is 14.4. The number of fused-ring (bicyclic) bond motifs is 1. The first-order valence-electron chi connectivity index (χ1n) is 8.92. The summed E-state index contributed by atoms with van der Waals surface area (Å²) in [5, 5.41) is 21.4. The molecule has 2 heterocycles. The van der Waals surface area contributed by atoms with E-state index in [1.54, 1.807) is 18.5 Å². The van der Waals surface area contributed by atoms with Gasteiger partial charge in [-0.2, -0.15) is 0 Å². The van der Waals surface area contributed by atoms with Gasteiger partial charge in [0, 0.05) is 31.2 Å². The lowest BCUT2D eigenvalue weighted by Gasteiger charge is -2.34. The number of hydrogen-bond acceptors (Lipinski definition) is 5. The van der Waals surface area contributed by atoms with E-state index in [4.69, 9.17) is 5.11 Å². The second-order valence-electron chi connectivity index (χ2n) is 6.49. The van der Waals surface area contributed by atoms with Crippen molar-refractivity contribution in [2.75, 3.05) is 32.8 Å². The van der Waals surface area contributed by atoms with Crippen LogP contribution in [0.2, 0.25) is 0 Å². The predicted molar refractivity (Wildman–Crippen MR) is 95.4 cm³/mol. The number of imidazole rings is 1. The lowest BCUT2D eigenvalue weighted by atomic mass is 10.0. The number of amides is 1. The highest BCUT2D eigenvalue weighted by atomic mass is 16.3. The molecule has 0 saturated carbocycles. The van der Waals surface area contributed by atoms with E-state index in [9.17, 15) is 9.90 Å². The Morgan fingerprint density at radius 2 is 2.16 bits per heavy atom. The summed E-state index contributed by atoms with van der Waals surface area (Å²) in [6, 6.07) is 5.64. The number of aliphatic hydroxyl groups excluding tert-OH is 2. The van der Waals surface area contributed by atoms with Crippen LogP contribution in [-0.4, -0.2) is 69.5 Å². The Morgan fingerprint density at radius 1 is 1.28 bits per heavy atom. The number of likely N-dealkylation sites (tertiary alicyclic amines) is 1. The molecule has 1 amide bonds. The fourth-order valence-electron chi connectivity index (χ4n) is 3.47. The monoisotopic (exact) mass is 346 g/mol. The van der Waals surface area contributed by atoms with Crippen molar-refractivity contribution < 1.29 is 15.0 Å². The quantitative estimate of drug-likeness (QED) is 0.683. The Morgan fingerprint density at radius 3 is 2.96 bits per heavy atom. The molecule has 0 unspecified atom stereocenters. The molecule has 1 fully saturated rings. The molecule has 3 N–H and O–H groups in total. The Kier molecular flexibility index (Phi) is 6.01. The molecule has 25 heavy (non-hydrogen) atoms. The molecule has 0 bridgehead atoms. The van der Waals surface area contributed by atoms with Crippen molar-refractivity contribution in [3.05, 3.63) is 30.1 Å². The number of nitrogens with one attached hydrogen (secondary N) is 1. The average molecular weight is 346 g/mol. The summed E-state index contributed by atoms with van der Waals surface area (Å²) in [7, 11) is 0. The molecular weight excluding hydrogens is 320 g/mol. The molecule has 1 aliphatic rings. The summed E-state index contributed by atoms with van der Waals surface area (Å²) >= 11 is 0. The van der Waals surface area contributed by atoms with Crippen LogP contribution in [0.15, 0.2) is 24.5 Å². The fraction of sp³-hybridized carbons (Fsp3) is 0.556. The Balaban J connectivity index is 1.56. The van der Waals surface area contributed by atoms with E-state index in [0.29, 0.717) is 18.7 Å². The minimum atomic E-state index is -0.115. The van der Waals surface area contributed by atoms with E-state index >= 15 is 0 Å². The average Bonchev–Trinajstić information content (AvgIpc) is 3.04. The van der Waals surface area contributed by atoms with E-state index in [2.05, 4.69) is 15.2 Å². The number of nitrogens with zero attached hydrogens (tertiary/aromatic N) is 3. The molecule has 136 valence electrons. The number of aromatic nitrogens is 2. The fourth-order valence-corrected chi connectivity index (χ4v) is 3.47. The molecule has 1 aromatic heterocycles. The van der Waals surface area contributed by atoms with E-state index < -0.39 is 0 Å². The predicted octanol–water partition coefficient (Wildman–Crippen LogP) is 0.605. The van der Waals surface area contributed by atoms with Gasteiger partial charge in [-0.15, -0.1) is 0 Å². The van der Waals surface area contributed by atoms with Gasteiger partial charge in [-0.1, -0.05) is 6.42 Å². The van der Waals surface area contributed by atoms with Crippen LogP contribution in [0.4, 0.5) is 0 Å². The molecule has 1 aliphatic heterocycles. The number of aliphatic hydroxyl groups is 2. The van der Waals surface area contributed by atoms with Gasteiger partial charge in [0.15, 0.2) is 0 Å². The van der Waals surface area contributed by atoms with Gasteiger partial charge in [0.2, 0.25) is 0 Å². The van der Waals surface area contributed by atoms with Crippen molar-refractivity contribution in [3.8, 4) is 0 Å². The third-order valence-corrected chi connectivity index (χ3v) is 4.87. The normalized spacial score (nSPS) is 18.6. The number of carbonyl (C=O) groups is 1. The molecule has 2 aromatic rings. The number of carbonyl (C=O) groups excluding carboxylic acids is 1. The maximum absolute atomic E-state index is 12.4. The Labute approximate surface area is 147 Å². The van der Waals surface area contributed by atoms with Crippen LogP contribution in [0.1, 0.15) is 29.6 Å². The molecule has 1 atom stereocenters. The first-order valence-corrected chi connectivity index (χ1v) is 8.92. The lowest BCUT2D eigenvalue weighted by Crippen LogP contribution is -2.45. The van der Waals surface area contributed by atoms with Gasteiger partial charge < -0.3 is 20.1 Å². The molecular formula is C18H26N4O3. The van der Waals surface area contributed by atoms with Crippen LogP contribution in [0, 0.1) is 0 Å². The van der Waals surface area contributed by atoms with Gasteiger partial charge in [-0.3, -0.25) is 9.69 Å². The van der Waals surface area contributed by atoms with Crippen molar-refractivity contribution in [1.82, 2.24) is 19.8 Å². The molecule has 0 radical (unpaired) electrons. The molecule has 1 saturated heterocycles. The number of rotatable bonds is 7. The zero-order valence-corrected chi connectivity index (χ0v) is 14.4. The molecule has 0 spiro atoms.